The van der Waals surface area contributed by atoms with Gasteiger partial charge in [0.15, 0.2) is 0 Å². The molecule has 1 atom stereocenters. The summed E-state index contributed by atoms with van der Waals surface area (Å²) in [6.07, 6.45) is 1.47. The molecule has 0 saturated carbocycles. The van der Waals surface area contributed by atoms with Crippen molar-refractivity contribution in [3.8, 4) is 0 Å². The van der Waals surface area contributed by atoms with E-state index in [1.165, 1.54) is 11.8 Å². The van der Waals surface area contributed by atoms with Gasteiger partial charge in [-0.25, -0.2) is 0 Å². The fourth-order valence-electron chi connectivity index (χ4n) is 1.74. The van der Waals surface area contributed by atoms with E-state index in [1.54, 1.807) is 24.3 Å². The normalized spacial score (nSPS) is 13.5. The Labute approximate surface area is 139 Å². The van der Waals surface area contributed by atoms with Crippen LogP contribution in [-0.4, -0.2) is 14.6 Å². The van der Waals surface area contributed by atoms with Gasteiger partial charge in [-0.05, 0) is 31.5 Å². The van der Waals surface area contributed by atoms with Gasteiger partial charge < -0.3 is 0 Å². The SMILES string of the molecule is Cc1ccc(C(I)/C=N/S(=O)(=O)c2ccc(C)cc2)cc1. The van der Waals surface area contributed by atoms with E-state index < -0.39 is 10.0 Å². The molecule has 0 aliphatic rings. The first-order valence-electron chi connectivity index (χ1n) is 6.46. The van der Waals surface area contributed by atoms with Crippen LogP contribution in [0, 0.1) is 13.8 Å². The smallest absolute Gasteiger partial charge is 0.199 e. The summed E-state index contributed by atoms with van der Waals surface area (Å²) in [5.74, 6) is 0. The lowest BCUT2D eigenvalue weighted by atomic mass is 10.1. The molecule has 0 bridgehead atoms. The van der Waals surface area contributed by atoms with E-state index in [0.29, 0.717) is 0 Å². The Bertz CT molecular complexity index is 735. The maximum absolute atomic E-state index is 12.1. The second kappa shape index (κ2) is 6.70. The number of aryl methyl sites for hydroxylation is 2. The molecular weight excluding hydrogens is 397 g/mol. The third kappa shape index (κ3) is 4.38. The Hall–Kier alpha value is -1.21. The van der Waals surface area contributed by atoms with Crippen LogP contribution in [0.5, 0.6) is 0 Å². The van der Waals surface area contributed by atoms with Gasteiger partial charge in [-0.1, -0.05) is 70.1 Å². The summed E-state index contributed by atoms with van der Waals surface area (Å²) in [5.41, 5.74) is 3.22. The lowest BCUT2D eigenvalue weighted by Crippen LogP contribution is -1.99. The molecule has 0 spiro atoms. The quantitative estimate of drug-likeness (QED) is 0.428. The molecule has 0 aliphatic heterocycles. The summed E-state index contributed by atoms with van der Waals surface area (Å²) < 4.78 is 28.0. The highest BCUT2D eigenvalue weighted by Crippen LogP contribution is 2.22. The van der Waals surface area contributed by atoms with Gasteiger partial charge in [0, 0.05) is 6.21 Å². The Morgan fingerprint density at radius 3 is 1.95 bits per heavy atom. The predicted molar refractivity (Wildman–Crippen MR) is 94.8 cm³/mol. The molecule has 0 aromatic heterocycles. The average molecular weight is 413 g/mol. The number of hydrogen-bond donors (Lipinski definition) is 0. The van der Waals surface area contributed by atoms with Crippen LogP contribution in [0.25, 0.3) is 0 Å². The second-order valence-electron chi connectivity index (χ2n) is 4.86. The van der Waals surface area contributed by atoms with Crippen molar-refractivity contribution in [2.75, 3.05) is 0 Å². The van der Waals surface area contributed by atoms with Gasteiger partial charge >= 0.3 is 0 Å². The Morgan fingerprint density at radius 1 is 0.952 bits per heavy atom. The highest BCUT2D eigenvalue weighted by atomic mass is 127. The molecular formula is C16H16INO2S. The summed E-state index contributed by atoms with van der Waals surface area (Å²) >= 11 is 2.17. The largest absolute Gasteiger partial charge is 0.282 e. The van der Waals surface area contributed by atoms with E-state index in [2.05, 4.69) is 27.0 Å². The van der Waals surface area contributed by atoms with E-state index in [9.17, 15) is 8.42 Å². The van der Waals surface area contributed by atoms with E-state index in [4.69, 9.17) is 0 Å². The molecule has 0 radical (unpaired) electrons. The van der Waals surface area contributed by atoms with Crippen molar-refractivity contribution in [2.24, 2.45) is 4.40 Å². The summed E-state index contributed by atoms with van der Waals surface area (Å²) in [6.45, 7) is 3.93. The van der Waals surface area contributed by atoms with E-state index in [-0.39, 0.29) is 8.82 Å². The number of halogens is 1. The minimum Gasteiger partial charge on any atom is -0.199 e. The van der Waals surface area contributed by atoms with Crippen molar-refractivity contribution in [3.63, 3.8) is 0 Å². The molecule has 0 fully saturated rings. The van der Waals surface area contributed by atoms with Gasteiger partial charge in [0.05, 0.1) is 8.82 Å². The van der Waals surface area contributed by atoms with Crippen LogP contribution >= 0.6 is 22.6 Å². The van der Waals surface area contributed by atoms with Crippen LogP contribution in [0.4, 0.5) is 0 Å². The van der Waals surface area contributed by atoms with Crippen molar-refractivity contribution < 1.29 is 8.42 Å². The van der Waals surface area contributed by atoms with Crippen molar-refractivity contribution in [1.29, 1.82) is 0 Å². The summed E-state index contributed by atoms with van der Waals surface area (Å²) in [7, 11) is -3.62. The van der Waals surface area contributed by atoms with Gasteiger partial charge in [-0.2, -0.15) is 12.8 Å². The highest BCUT2D eigenvalue weighted by molar-refractivity contribution is 14.1. The molecule has 21 heavy (non-hydrogen) atoms. The van der Waals surface area contributed by atoms with Crippen LogP contribution in [0.2, 0.25) is 0 Å². The first-order valence-corrected chi connectivity index (χ1v) is 9.15. The topological polar surface area (TPSA) is 46.5 Å². The van der Waals surface area contributed by atoms with Gasteiger partial charge in [0.25, 0.3) is 10.0 Å². The van der Waals surface area contributed by atoms with Crippen molar-refractivity contribution in [2.45, 2.75) is 22.7 Å². The van der Waals surface area contributed by atoms with Crippen LogP contribution < -0.4 is 0 Å². The molecule has 0 N–H and O–H groups in total. The lowest BCUT2D eigenvalue weighted by molar-refractivity contribution is 0.598. The number of benzene rings is 2. The fourth-order valence-corrected chi connectivity index (χ4v) is 3.42. The third-order valence-electron chi connectivity index (χ3n) is 3.05. The first kappa shape index (κ1) is 16.2. The molecule has 2 aromatic carbocycles. The van der Waals surface area contributed by atoms with Gasteiger partial charge in [-0.3, -0.25) is 0 Å². The number of rotatable bonds is 4. The maximum Gasteiger partial charge on any atom is 0.282 e. The Balaban J connectivity index is 2.19. The fraction of sp³-hybridized carbons (Fsp3) is 0.188. The number of sulfonamides is 1. The van der Waals surface area contributed by atoms with Gasteiger partial charge in [0.2, 0.25) is 0 Å². The Morgan fingerprint density at radius 2 is 1.43 bits per heavy atom. The Kier molecular flexibility index (Phi) is 5.16. The van der Waals surface area contributed by atoms with Crippen LogP contribution in [0.1, 0.15) is 20.6 Å². The zero-order valence-electron chi connectivity index (χ0n) is 11.8. The number of hydrogen-bond acceptors (Lipinski definition) is 2. The maximum atomic E-state index is 12.1. The van der Waals surface area contributed by atoms with Crippen molar-refractivity contribution >= 4 is 38.8 Å². The molecule has 1 unspecified atom stereocenters. The molecule has 0 saturated heterocycles. The molecule has 2 rings (SSSR count). The lowest BCUT2D eigenvalue weighted by Gasteiger charge is -2.05. The molecule has 2 aromatic rings. The summed E-state index contributed by atoms with van der Waals surface area (Å²) in [5, 5.41) is 0. The zero-order valence-corrected chi connectivity index (χ0v) is 14.8. The average Bonchev–Trinajstić information content (AvgIpc) is 2.46. The number of nitrogens with zero attached hydrogens (tertiary/aromatic N) is 1. The van der Waals surface area contributed by atoms with Crippen molar-refractivity contribution in [1.82, 2.24) is 0 Å². The molecule has 5 heteroatoms. The summed E-state index contributed by atoms with van der Waals surface area (Å²) in [6, 6.07) is 14.7. The first-order chi connectivity index (χ1) is 9.88. The third-order valence-corrected chi connectivity index (χ3v) is 5.35. The van der Waals surface area contributed by atoms with E-state index >= 15 is 0 Å². The van der Waals surface area contributed by atoms with E-state index in [1.807, 2.05) is 38.1 Å². The second-order valence-corrected chi connectivity index (χ2v) is 7.83. The molecule has 110 valence electrons. The minimum absolute atomic E-state index is 0.0802. The van der Waals surface area contributed by atoms with Gasteiger partial charge in [0.1, 0.15) is 0 Å². The molecule has 0 heterocycles. The van der Waals surface area contributed by atoms with Crippen LogP contribution in [-0.2, 0) is 10.0 Å². The monoisotopic (exact) mass is 413 g/mol. The van der Waals surface area contributed by atoms with Crippen LogP contribution in [0.15, 0.2) is 57.8 Å². The molecule has 0 amide bonds. The zero-order chi connectivity index (χ0) is 15.5. The number of alkyl halides is 1. The van der Waals surface area contributed by atoms with Gasteiger partial charge in [-0.15, -0.1) is 0 Å². The van der Waals surface area contributed by atoms with E-state index in [0.717, 1.165) is 11.1 Å². The molecule has 0 aliphatic carbocycles. The predicted octanol–water partition coefficient (Wildman–Crippen LogP) is 4.24. The standard InChI is InChI=1S/C16H16INO2S/c1-12-3-7-14(8-4-12)16(17)11-18-21(19,20)15-9-5-13(2)6-10-15/h3-11,16H,1-2H3/b18-11+. The minimum atomic E-state index is -3.62. The highest BCUT2D eigenvalue weighted by Gasteiger charge is 2.12. The van der Waals surface area contributed by atoms with Crippen LogP contribution in [0.3, 0.4) is 0 Å². The van der Waals surface area contributed by atoms with Crippen molar-refractivity contribution in [3.05, 3.63) is 65.2 Å². The molecule has 3 nitrogen and oxygen atoms in total. The summed E-state index contributed by atoms with van der Waals surface area (Å²) in [4.78, 5) is 0.219.